The van der Waals surface area contributed by atoms with Gasteiger partial charge in [0.15, 0.2) is 0 Å². The SMILES string of the molecule is CC(C)COc1ccccc1C=NN=C(N)N. The molecule has 0 saturated carbocycles. The van der Waals surface area contributed by atoms with Gasteiger partial charge in [-0.2, -0.15) is 5.10 Å². The average molecular weight is 234 g/mol. The summed E-state index contributed by atoms with van der Waals surface area (Å²) in [5.41, 5.74) is 11.2. The second-order valence-corrected chi connectivity index (χ2v) is 4.01. The van der Waals surface area contributed by atoms with Crippen molar-refractivity contribution in [3.8, 4) is 5.75 Å². The normalized spacial score (nSPS) is 10.8. The lowest BCUT2D eigenvalue weighted by Gasteiger charge is -2.10. The van der Waals surface area contributed by atoms with E-state index in [-0.39, 0.29) is 5.96 Å². The van der Waals surface area contributed by atoms with Crippen LogP contribution in [0.4, 0.5) is 0 Å². The third kappa shape index (κ3) is 5.01. The zero-order valence-corrected chi connectivity index (χ0v) is 10.1. The van der Waals surface area contributed by atoms with Crippen molar-refractivity contribution in [3.63, 3.8) is 0 Å². The highest BCUT2D eigenvalue weighted by atomic mass is 16.5. The zero-order valence-electron chi connectivity index (χ0n) is 10.1. The molecule has 4 N–H and O–H groups in total. The fraction of sp³-hybridized carbons (Fsp3) is 0.333. The monoisotopic (exact) mass is 234 g/mol. The molecule has 92 valence electrons. The van der Waals surface area contributed by atoms with Crippen LogP contribution >= 0.6 is 0 Å². The van der Waals surface area contributed by atoms with Crippen LogP contribution in [0.1, 0.15) is 19.4 Å². The summed E-state index contributed by atoms with van der Waals surface area (Å²) in [6.07, 6.45) is 1.56. The fourth-order valence-electron chi connectivity index (χ4n) is 1.13. The van der Waals surface area contributed by atoms with Crippen molar-refractivity contribution in [2.75, 3.05) is 6.61 Å². The molecule has 1 aromatic rings. The lowest BCUT2D eigenvalue weighted by atomic mass is 10.2. The Morgan fingerprint density at radius 3 is 2.71 bits per heavy atom. The molecule has 1 rings (SSSR count). The largest absolute Gasteiger partial charge is 0.493 e. The van der Waals surface area contributed by atoms with Gasteiger partial charge < -0.3 is 16.2 Å². The predicted molar refractivity (Wildman–Crippen MR) is 70.2 cm³/mol. The number of hydrogen-bond acceptors (Lipinski definition) is 3. The summed E-state index contributed by atoms with van der Waals surface area (Å²) in [6, 6.07) is 7.59. The quantitative estimate of drug-likeness (QED) is 0.458. The van der Waals surface area contributed by atoms with E-state index in [9.17, 15) is 0 Å². The number of guanidine groups is 1. The first-order valence-electron chi connectivity index (χ1n) is 5.43. The van der Waals surface area contributed by atoms with E-state index in [1.807, 2.05) is 24.3 Å². The first kappa shape index (κ1) is 13.0. The van der Waals surface area contributed by atoms with Crippen LogP contribution in [-0.4, -0.2) is 18.8 Å². The van der Waals surface area contributed by atoms with Gasteiger partial charge >= 0.3 is 0 Å². The Balaban J connectivity index is 2.77. The predicted octanol–water partition coefficient (Wildman–Crippen LogP) is 1.33. The third-order valence-corrected chi connectivity index (χ3v) is 1.86. The molecule has 0 radical (unpaired) electrons. The van der Waals surface area contributed by atoms with Gasteiger partial charge in [0.1, 0.15) is 5.75 Å². The van der Waals surface area contributed by atoms with Crippen LogP contribution < -0.4 is 16.2 Å². The molecule has 0 spiro atoms. The van der Waals surface area contributed by atoms with Gasteiger partial charge in [0.25, 0.3) is 0 Å². The topological polar surface area (TPSA) is 86.0 Å². The second-order valence-electron chi connectivity index (χ2n) is 4.01. The molecule has 0 saturated heterocycles. The van der Waals surface area contributed by atoms with Crippen LogP contribution in [0.15, 0.2) is 34.5 Å². The molecule has 0 bridgehead atoms. The van der Waals surface area contributed by atoms with Crippen molar-refractivity contribution < 1.29 is 4.74 Å². The summed E-state index contributed by atoms with van der Waals surface area (Å²) in [5.74, 6) is 1.18. The highest BCUT2D eigenvalue weighted by Crippen LogP contribution is 2.16. The molecule has 0 aliphatic rings. The van der Waals surface area contributed by atoms with Crippen LogP contribution in [0.25, 0.3) is 0 Å². The molecular weight excluding hydrogens is 216 g/mol. The number of ether oxygens (including phenoxy) is 1. The summed E-state index contributed by atoms with van der Waals surface area (Å²) in [7, 11) is 0. The number of rotatable bonds is 5. The molecule has 0 amide bonds. The van der Waals surface area contributed by atoms with Crippen molar-refractivity contribution in [3.05, 3.63) is 29.8 Å². The summed E-state index contributed by atoms with van der Waals surface area (Å²) >= 11 is 0. The van der Waals surface area contributed by atoms with E-state index in [1.165, 1.54) is 0 Å². The van der Waals surface area contributed by atoms with Gasteiger partial charge in [-0.3, -0.25) is 0 Å². The molecule has 0 fully saturated rings. The molecule has 5 nitrogen and oxygen atoms in total. The maximum atomic E-state index is 5.65. The maximum Gasteiger partial charge on any atom is 0.211 e. The van der Waals surface area contributed by atoms with Crippen LogP contribution in [0, 0.1) is 5.92 Å². The number of benzene rings is 1. The summed E-state index contributed by atoms with van der Waals surface area (Å²) in [6.45, 7) is 4.85. The summed E-state index contributed by atoms with van der Waals surface area (Å²) in [5, 5.41) is 7.30. The maximum absolute atomic E-state index is 5.65. The minimum Gasteiger partial charge on any atom is -0.493 e. The Hall–Kier alpha value is -2.04. The van der Waals surface area contributed by atoms with Crippen molar-refractivity contribution in [2.24, 2.45) is 27.6 Å². The van der Waals surface area contributed by atoms with Gasteiger partial charge in [-0.15, -0.1) is 5.10 Å². The van der Waals surface area contributed by atoms with Gasteiger partial charge in [-0.05, 0) is 18.1 Å². The van der Waals surface area contributed by atoms with Crippen molar-refractivity contribution in [1.82, 2.24) is 0 Å². The Kier molecular flexibility index (Phi) is 5.00. The van der Waals surface area contributed by atoms with Gasteiger partial charge in [-0.1, -0.05) is 26.0 Å². The van der Waals surface area contributed by atoms with Gasteiger partial charge in [0, 0.05) is 5.56 Å². The van der Waals surface area contributed by atoms with Crippen molar-refractivity contribution in [1.29, 1.82) is 0 Å². The van der Waals surface area contributed by atoms with Gasteiger partial charge in [-0.25, -0.2) is 0 Å². The molecule has 0 aromatic heterocycles. The molecular formula is C12H18N4O. The minimum absolute atomic E-state index is 0.0678. The van der Waals surface area contributed by atoms with Crippen molar-refractivity contribution in [2.45, 2.75) is 13.8 Å². The molecule has 0 aliphatic carbocycles. The number of para-hydroxylation sites is 1. The summed E-state index contributed by atoms with van der Waals surface area (Å²) in [4.78, 5) is 0. The number of hydrogen-bond donors (Lipinski definition) is 2. The van der Waals surface area contributed by atoms with Gasteiger partial charge in [0.05, 0.1) is 12.8 Å². The smallest absolute Gasteiger partial charge is 0.211 e. The fourth-order valence-corrected chi connectivity index (χ4v) is 1.13. The highest BCUT2D eigenvalue weighted by molar-refractivity contribution is 5.84. The summed E-state index contributed by atoms with van der Waals surface area (Å²) < 4.78 is 5.65. The first-order valence-corrected chi connectivity index (χ1v) is 5.43. The molecule has 0 heterocycles. The second kappa shape index (κ2) is 6.52. The molecule has 0 atom stereocenters. The molecule has 17 heavy (non-hydrogen) atoms. The standard InChI is InChI=1S/C12H18N4O/c1-9(2)8-17-11-6-4-3-5-10(11)7-15-16-12(13)14/h3-7,9H,8H2,1-2H3,(H4,13,14,16). The third-order valence-electron chi connectivity index (χ3n) is 1.86. The Bertz CT molecular complexity index is 409. The van der Waals surface area contributed by atoms with Crippen LogP contribution in [-0.2, 0) is 0 Å². The van der Waals surface area contributed by atoms with Crippen LogP contribution in [0.2, 0.25) is 0 Å². The number of nitrogens with zero attached hydrogens (tertiary/aromatic N) is 2. The zero-order chi connectivity index (χ0) is 12.7. The Morgan fingerprint density at radius 1 is 1.35 bits per heavy atom. The average Bonchev–Trinajstić information content (AvgIpc) is 2.27. The lowest BCUT2D eigenvalue weighted by Crippen LogP contribution is -2.21. The van der Waals surface area contributed by atoms with Crippen LogP contribution in [0.3, 0.4) is 0 Å². The van der Waals surface area contributed by atoms with E-state index in [2.05, 4.69) is 24.1 Å². The van der Waals surface area contributed by atoms with E-state index in [4.69, 9.17) is 16.2 Å². The number of nitrogens with two attached hydrogens (primary N) is 2. The van der Waals surface area contributed by atoms with E-state index < -0.39 is 0 Å². The molecule has 5 heteroatoms. The van der Waals surface area contributed by atoms with E-state index >= 15 is 0 Å². The Morgan fingerprint density at radius 2 is 2.06 bits per heavy atom. The molecule has 1 aromatic carbocycles. The first-order chi connectivity index (χ1) is 8.09. The van der Waals surface area contributed by atoms with Crippen LogP contribution in [0.5, 0.6) is 5.75 Å². The van der Waals surface area contributed by atoms with E-state index in [1.54, 1.807) is 6.21 Å². The van der Waals surface area contributed by atoms with Crippen molar-refractivity contribution >= 4 is 12.2 Å². The minimum atomic E-state index is -0.0678. The van der Waals surface area contributed by atoms with E-state index in [0.717, 1.165) is 11.3 Å². The van der Waals surface area contributed by atoms with E-state index in [0.29, 0.717) is 12.5 Å². The van der Waals surface area contributed by atoms with Gasteiger partial charge in [0.2, 0.25) is 5.96 Å². The highest BCUT2D eigenvalue weighted by Gasteiger charge is 2.01. The molecule has 0 aliphatic heterocycles. The Labute approximate surface area is 101 Å². The molecule has 0 unspecified atom stereocenters. The lowest BCUT2D eigenvalue weighted by molar-refractivity contribution is 0.270.